The van der Waals surface area contributed by atoms with E-state index in [1.165, 1.54) is 16.7 Å². The highest BCUT2D eigenvalue weighted by molar-refractivity contribution is 7.99. The molecule has 0 unspecified atom stereocenters. The number of hydrogen-bond donors (Lipinski definition) is 1. The lowest BCUT2D eigenvalue weighted by Crippen LogP contribution is -2.21. The molecule has 2 amide bonds. The first kappa shape index (κ1) is 18.7. The average molecular weight is 359 g/mol. The average Bonchev–Trinajstić information content (AvgIpc) is 2.93. The monoisotopic (exact) mass is 359 g/mol. The van der Waals surface area contributed by atoms with Gasteiger partial charge in [-0.3, -0.25) is 9.59 Å². The van der Waals surface area contributed by atoms with Gasteiger partial charge in [-0.25, -0.2) is 0 Å². The van der Waals surface area contributed by atoms with E-state index < -0.39 is 0 Å². The van der Waals surface area contributed by atoms with Gasteiger partial charge in [-0.2, -0.15) is 0 Å². The van der Waals surface area contributed by atoms with E-state index in [1.54, 1.807) is 44.4 Å². The van der Waals surface area contributed by atoms with Gasteiger partial charge in [-0.1, -0.05) is 17.8 Å². The van der Waals surface area contributed by atoms with Crippen LogP contribution in [0.15, 0.2) is 42.1 Å². The summed E-state index contributed by atoms with van der Waals surface area (Å²) in [5.41, 5.74) is 1.22. The molecule has 0 aliphatic carbocycles. The molecule has 0 fully saturated rings. The standard InChI is InChI=1S/C17H21N5O2S/c1-5-10-22-12(2)19-20-17(22)25-11-15(23)18-14-8-6-13(7-9-14)16(24)21(3)4/h5-9H,1,10-11H2,2-4H3,(H,18,23). The van der Waals surface area contributed by atoms with Crippen molar-refractivity contribution in [2.45, 2.75) is 18.6 Å². The lowest BCUT2D eigenvalue weighted by molar-refractivity contribution is -0.113. The number of carbonyl (C=O) groups excluding carboxylic acids is 2. The fraction of sp³-hybridized carbons (Fsp3) is 0.294. The van der Waals surface area contributed by atoms with E-state index in [2.05, 4.69) is 22.1 Å². The van der Waals surface area contributed by atoms with Crippen LogP contribution in [-0.2, 0) is 11.3 Å². The van der Waals surface area contributed by atoms with Crippen LogP contribution in [0.4, 0.5) is 5.69 Å². The Labute approximate surface area is 151 Å². The Balaban J connectivity index is 1.92. The number of benzene rings is 1. The number of nitrogens with one attached hydrogen (secondary N) is 1. The molecule has 1 aromatic heterocycles. The zero-order valence-corrected chi connectivity index (χ0v) is 15.3. The topological polar surface area (TPSA) is 80.1 Å². The van der Waals surface area contributed by atoms with Crippen molar-refractivity contribution in [3.8, 4) is 0 Å². The third kappa shape index (κ3) is 4.93. The van der Waals surface area contributed by atoms with E-state index in [0.29, 0.717) is 23.0 Å². The van der Waals surface area contributed by atoms with Gasteiger partial charge in [0, 0.05) is 31.9 Å². The minimum Gasteiger partial charge on any atom is -0.345 e. The molecule has 0 saturated heterocycles. The molecule has 0 spiro atoms. The van der Waals surface area contributed by atoms with E-state index in [9.17, 15) is 9.59 Å². The minimum atomic E-state index is -0.150. The maximum Gasteiger partial charge on any atom is 0.253 e. The van der Waals surface area contributed by atoms with Crippen LogP contribution in [0.2, 0.25) is 0 Å². The predicted molar refractivity (Wildman–Crippen MR) is 98.8 cm³/mol. The van der Waals surface area contributed by atoms with E-state index in [1.807, 2.05) is 11.5 Å². The number of carbonyl (C=O) groups is 2. The van der Waals surface area contributed by atoms with Gasteiger partial charge < -0.3 is 14.8 Å². The fourth-order valence-electron chi connectivity index (χ4n) is 2.09. The van der Waals surface area contributed by atoms with Gasteiger partial charge in [0.25, 0.3) is 5.91 Å². The molecule has 132 valence electrons. The van der Waals surface area contributed by atoms with Crippen molar-refractivity contribution < 1.29 is 9.59 Å². The van der Waals surface area contributed by atoms with E-state index >= 15 is 0 Å². The second kappa shape index (κ2) is 8.48. The summed E-state index contributed by atoms with van der Waals surface area (Å²) in [6.07, 6.45) is 1.76. The summed E-state index contributed by atoms with van der Waals surface area (Å²) in [5, 5.41) is 11.6. The second-order valence-electron chi connectivity index (χ2n) is 5.54. The molecule has 8 heteroatoms. The molecular weight excluding hydrogens is 338 g/mol. The number of allylic oxidation sites excluding steroid dienone is 1. The predicted octanol–water partition coefficient (Wildman–Crippen LogP) is 2.21. The van der Waals surface area contributed by atoms with Gasteiger partial charge in [0.1, 0.15) is 5.82 Å². The van der Waals surface area contributed by atoms with Crippen LogP contribution in [0.25, 0.3) is 0 Å². The maximum absolute atomic E-state index is 12.1. The third-order valence-electron chi connectivity index (χ3n) is 3.37. The van der Waals surface area contributed by atoms with E-state index in [0.717, 1.165) is 5.82 Å². The molecule has 0 saturated carbocycles. The molecule has 1 aromatic carbocycles. The number of anilines is 1. The molecule has 0 radical (unpaired) electrons. The SMILES string of the molecule is C=CCn1c(C)nnc1SCC(=O)Nc1ccc(C(=O)N(C)C)cc1. The smallest absolute Gasteiger partial charge is 0.253 e. The van der Waals surface area contributed by atoms with Crippen molar-refractivity contribution in [3.63, 3.8) is 0 Å². The first-order chi connectivity index (χ1) is 11.9. The molecule has 2 rings (SSSR count). The van der Waals surface area contributed by atoms with Crippen LogP contribution in [0.3, 0.4) is 0 Å². The molecule has 1 heterocycles. The van der Waals surface area contributed by atoms with Crippen LogP contribution in [-0.4, -0.2) is 51.3 Å². The van der Waals surface area contributed by atoms with Gasteiger partial charge in [0.15, 0.2) is 5.16 Å². The van der Waals surface area contributed by atoms with Crippen molar-refractivity contribution in [2.24, 2.45) is 0 Å². The van der Waals surface area contributed by atoms with Crippen LogP contribution in [0, 0.1) is 6.92 Å². The molecule has 7 nitrogen and oxygen atoms in total. The molecule has 2 aromatic rings. The molecular formula is C17H21N5O2S. The number of thioether (sulfide) groups is 1. The van der Waals surface area contributed by atoms with Crippen molar-refractivity contribution in [3.05, 3.63) is 48.3 Å². The summed E-state index contributed by atoms with van der Waals surface area (Å²) in [6.45, 7) is 6.17. The van der Waals surface area contributed by atoms with Gasteiger partial charge >= 0.3 is 0 Å². The molecule has 25 heavy (non-hydrogen) atoms. The highest BCUT2D eigenvalue weighted by atomic mass is 32.2. The Morgan fingerprint density at radius 2 is 1.96 bits per heavy atom. The second-order valence-corrected chi connectivity index (χ2v) is 6.49. The summed E-state index contributed by atoms with van der Waals surface area (Å²) >= 11 is 1.32. The number of hydrogen-bond acceptors (Lipinski definition) is 5. The highest BCUT2D eigenvalue weighted by Gasteiger charge is 2.12. The Morgan fingerprint density at radius 1 is 1.28 bits per heavy atom. The van der Waals surface area contributed by atoms with Crippen LogP contribution in [0.5, 0.6) is 0 Å². The molecule has 1 N–H and O–H groups in total. The summed E-state index contributed by atoms with van der Waals surface area (Å²) in [6, 6.07) is 6.80. The maximum atomic E-state index is 12.1. The van der Waals surface area contributed by atoms with Crippen molar-refractivity contribution in [1.29, 1.82) is 0 Å². The number of amides is 2. The van der Waals surface area contributed by atoms with Crippen LogP contribution >= 0.6 is 11.8 Å². The summed E-state index contributed by atoms with van der Waals surface area (Å²) in [7, 11) is 3.39. The largest absolute Gasteiger partial charge is 0.345 e. The van der Waals surface area contributed by atoms with Crippen molar-refractivity contribution >= 4 is 29.3 Å². The molecule has 0 aliphatic rings. The van der Waals surface area contributed by atoms with Gasteiger partial charge in [0.2, 0.25) is 5.91 Å². The van der Waals surface area contributed by atoms with E-state index in [4.69, 9.17) is 0 Å². The van der Waals surface area contributed by atoms with Gasteiger partial charge in [0.05, 0.1) is 5.75 Å². The van der Waals surface area contributed by atoms with E-state index in [-0.39, 0.29) is 17.6 Å². The zero-order valence-electron chi connectivity index (χ0n) is 14.5. The molecule has 0 aliphatic heterocycles. The number of aryl methyl sites for hydroxylation is 1. The Morgan fingerprint density at radius 3 is 2.56 bits per heavy atom. The first-order valence-corrected chi connectivity index (χ1v) is 8.66. The first-order valence-electron chi connectivity index (χ1n) is 7.67. The Hall–Kier alpha value is -2.61. The quantitative estimate of drug-likeness (QED) is 0.606. The van der Waals surface area contributed by atoms with Gasteiger partial charge in [-0.15, -0.1) is 16.8 Å². The summed E-state index contributed by atoms with van der Waals surface area (Å²) in [4.78, 5) is 25.4. The summed E-state index contributed by atoms with van der Waals surface area (Å²) in [5.74, 6) is 0.769. The lowest BCUT2D eigenvalue weighted by Gasteiger charge is -2.11. The van der Waals surface area contributed by atoms with Gasteiger partial charge in [-0.05, 0) is 31.2 Å². The van der Waals surface area contributed by atoms with Crippen LogP contribution in [0.1, 0.15) is 16.2 Å². The number of rotatable bonds is 7. The normalized spacial score (nSPS) is 10.4. The fourth-order valence-corrected chi connectivity index (χ4v) is 2.88. The zero-order chi connectivity index (χ0) is 18.4. The lowest BCUT2D eigenvalue weighted by atomic mass is 10.2. The number of aromatic nitrogens is 3. The third-order valence-corrected chi connectivity index (χ3v) is 4.33. The summed E-state index contributed by atoms with van der Waals surface area (Å²) < 4.78 is 1.90. The molecule has 0 atom stereocenters. The highest BCUT2D eigenvalue weighted by Crippen LogP contribution is 2.18. The van der Waals surface area contributed by atoms with Crippen LogP contribution < -0.4 is 5.32 Å². The Bertz CT molecular complexity index is 768. The molecule has 0 bridgehead atoms. The van der Waals surface area contributed by atoms with Crippen molar-refractivity contribution in [1.82, 2.24) is 19.7 Å². The van der Waals surface area contributed by atoms with Crippen molar-refractivity contribution in [2.75, 3.05) is 25.2 Å². The number of nitrogens with zero attached hydrogens (tertiary/aromatic N) is 4. The Kier molecular flexibility index (Phi) is 6.35. The minimum absolute atomic E-state index is 0.0784.